The summed E-state index contributed by atoms with van der Waals surface area (Å²) in [5.41, 5.74) is -1.07. The SMILES string of the molecule is O=C(CCNc1ccc(C(F)(F)F)cc1[N+](=O)[O-])Nc1nc(CN2CCOCC2)cs1. The van der Waals surface area contributed by atoms with Gasteiger partial charge in [-0.25, -0.2) is 4.98 Å². The Bertz CT molecular complexity index is 931. The number of hydrogen-bond acceptors (Lipinski definition) is 8. The summed E-state index contributed by atoms with van der Waals surface area (Å²) in [5, 5.41) is 18.7. The average molecular weight is 459 g/mol. The molecule has 2 heterocycles. The van der Waals surface area contributed by atoms with Crippen LogP contribution in [0.1, 0.15) is 17.7 Å². The van der Waals surface area contributed by atoms with Crippen molar-refractivity contribution >= 4 is 33.8 Å². The lowest BCUT2D eigenvalue weighted by Crippen LogP contribution is -2.35. The number of hydrogen-bond donors (Lipinski definition) is 2. The average Bonchev–Trinajstić information content (AvgIpc) is 3.14. The Morgan fingerprint density at radius 2 is 2.06 bits per heavy atom. The maximum Gasteiger partial charge on any atom is 0.416 e. The van der Waals surface area contributed by atoms with E-state index in [2.05, 4.69) is 20.5 Å². The van der Waals surface area contributed by atoms with E-state index in [0.717, 1.165) is 30.9 Å². The number of nitrogens with zero attached hydrogens (tertiary/aromatic N) is 3. The van der Waals surface area contributed by atoms with Gasteiger partial charge >= 0.3 is 6.18 Å². The molecule has 1 aromatic carbocycles. The van der Waals surface area contributed by atoms with Gasteiger partial charge in [0.15, 0.2) is 5.13 Å². The smallest absolute Gasteiger partial charge is 0.379 e. The molecule has 0 bridgehead atoms. The van der Waals surface area contributed by atoms with Gasteiger partial charge in [0.2, 0.25) is 5.91 Å². The van der Waals surface area contributed by atoms with E-state index in [4.69, 9.17) is 4.74 Å². The number of rotatable bonds is 8. The number of nitro groups is 1. The minimum atomic E-state index is -4.68. The van der Waals surface area contributed by atoms with Crippen LogP contribution < -0.4 is 10.6 Å². The summed E-state index contributed by atoms with van der Waals surface area (Å²) in [6.45, 7) is 3.66. The van der Waals surface area contributed by atoms with Crippen molar-refractivity contribution in [3.63, 3.8) is 0 Å². The molecule has 1 saturated heterocycles. The molecule has 0 atom stereocenters. The Morgan fingerprint density at radius 1 is 1.32 bits per heavy atom. The normalized spacial score (nSPS) is 14.9. The topological polar surface area (TPSA) is 110 Å². The Hall–Kier alpha value is -2.77. The van der Waals surface area contributed by atoms with Crippen molar-refractivity contribution in [2.75, 3.05) is 43.5 Å². The number of halogens is 3. The predicted octanol–water partition coefficient (Wildman–Crippen LogP) is 3.34. The number of morpholine rings is 1. The molecule has 1 amide bonds. The van der Waals surface area contributed by atoms with Crippen LogP contribution >= 0.6 is 11.3 Å². The molecule has 31 heavy (non-hydrogen) atoms. The number of alkyl halides is 3. The first-order chi connectivity index (χ1) is 14.7. The molecule has 0 spiro atoms. The summed E-state index contributed by atoms with van der Waals surface area (Å²) >= 11 is 1.29. The summed E-state index contributed by atoms with van der Waals surface area (Å²) in [6.07, 6.45) is -4.73. The van der Waals surface area contributed by atoms with E-state index in [9.17, 15) is 28.1 Å². The van der Waals surface area contributed by atoms with E-state index in [1.54, 1.807) is 0 Å². The zero-order valence-electron chi connectivity index (χ0n) is 16.3. The quantitative estimate of drug-likeness (QED) is 0.460. The Balaban J connectivity index is 1.50. The molecule has 13 heteroatoms. The summed E-state index contributed by atoms with van der Waals surface area (Å²) in [4.78, 5) is 28.9. The Morgan fingerprint density at radius 3 is 2.74 bits per heavy atom. The molecule has 2 N–H and O–H groups in total. The molecule has 0 saturated carbocycles. The number of carbonyl (C=O) groups is 1. The van der Waals surface area contributed by atoms with Gasteiger partial charge in [-0.15, -0.1) is 11.3 Å². The molecule has 168 valence electrons. The number of nitro benzene ring substituents is 1. The van der Waals surface area contributed by atoms with Gasteiger partial charge in [-0.1, -0.05) is 0 Å². The first-order valence-electron chi connectivity index (χ1n) is 9.36. The number of amides is 1. The van der Waals surface area contributed by atoms with E-state index in [0.29, 0.717) is 31.0 Å². The van der Waals surface area contributed by atoms with E-state index >= 15 is 0 Å². The standard InChI is InChI=1S/C18H20F3N5O4S/c19-18(20,21)12-1-2-14(15(9-12)26(28)29)22-4-3-16(27)24-17-23-13(11-31-17)10-25-5-7-30-8-6-25/h1-2,9,11,22H,3-8,10H2,(H,23,24,27). The molecule has 9 nitrogen and oxygen atoms in total. The van der Waals surface area contributed by atoms with Crippen LogP contribution in [0.5, 0.6) is 0 Å². The number of carbonyl (C=O) groups excluding carboxylic acids is 1. The third-order valence-electron chi connectivity index (χ3n) is 4.48. The molecule has 1 fully saturated rings. The van der Waals surface area contributed by atoms with Gasteiger partial charge in [-0.05, 0) is 12.1 Å². The van der Waals surface area contributed by atoms with E-state index in [-0.39, 0.29) is 24.6 Å². The molecular formula is C18H20F3N5O4S. The second-order valence-electron chi connectivity index (χ2n) is 6.74. The van der Waals surface area contributed by atoms with E-state index < -0.39 is 22.4 Å². The van der Waals surface area contributed by atoms with Crippen LogP contribution in [0.15, 0.2) is 23.6 Å². The molecule has 1 aliphatic rings. The summed E-state index contributed by atoms with van der Waals surface area (Å²) in [5.74, 6) is -0.366. The first kappa shape index (κ1) is 22.9. The van der Waals surface area contributed by atoms with Crippen molar-refractivity contribution in [3.05, 3.63) is 45.0 Å². The van der Waals surface area contributed by atoms with Gasteiger partial charge in [0.05, 0.1) is 29.4 Å². The number of aromatic nitrogens is 1. The minimum absolute atomic E-state index is 0.00402. The molecule has 1 aromatic heterocycles. The number of anilines is 2. The van der Waals surface area contributed by atoms with Crippen LogP contribution in [0.2, 0.25) is 0 Å². The number of thiazole rings is 1. The van der Waals surface area contributed by atoms with Crippen molar-refractivity contribution in [1.82, 2.24) is 9.88 Å². The summed E-state index contributed by atoms with van der Waals surface area (Å²) < 4.78 is 43.6. The Kier molecular flexibility index (Phi) is 7.41. The van der Waals surface area contributed by atoms with Crippen LogP contribution in [-0.2, 0) is 22.3 Å². The highest BCUT2D eigenvalue weighted by Crippen LogP contribution is 2.34. The molecule has 2 aromatic rings. The first-order valence-corrected chi connectivity index (χ1v) is 10.2. The molecule has 0 aliphatic carbocycles. The second-order valence-corrected chi connectivity index (χ2v) is 7.60. The summed E-state index contributed by atoms with van der Waals surface area (Å²) in [6, 6.07) is 2.20. The zero-order valence-corrected chi connectivity index (χ0v) is 17.1. The van der Waals surface area contributed by atoms with Crippen molar-refractivity contribution in [1.29, 1.82) is 0 Å². The monoisotopic (exact) mass is 459 g/mol. The molecule has 0 unspecified atom stereocenters. The summed E-state index contributed by atoms with van der Waals surface area (Å²) in [7, 11) is 0. The third-order valence-corrected chi connectivity index (χ3v) is 5.28. The van der Waals surface area contributed by atoms with Gasteiger partial charge in [0, 0.05) is 44.0 Å². The maximum absolute atomic E-state index is 12.8. The predicted molar refractivity (Wildman–Crippen MR) is 108 cm³/mol. The lowest BCUT2D eigenvalue weighted by Gasteiger charge is -2.25. The van der Waals surface area contributed by atoms with Gasteiger partial charge in [-0.2, -0.15) is 13.2 Å². The molecular weight excluding hydrogens is 439 g/mol. The minimum Gasteiger partial charge on any atom is -0.379 e. The van der Waals surface area contributed by atoms with Gasteiger partial charge in [0.1, 0.15) is 5.69 Å². The highest BCUT2D eigenvalue weighted by atomic mass is 32.1. The number of benzene rings is 1. The van der Waals surface area contributed by atoms with Crippen LogP contribution in [0.25, 0.3) is 0 Å². The van der Waals surface area contributed by atoms with Crippen molar-refractivity contribution in [3.8, 4) is 0 Å². The van der Waals surface area contributed by atoms with Crippen molar-refractivity contribution in [2.24, 2.45) is 0 Å². The zero-order chi connectivity index (χ0) is 22.4. The maximum atomic E-state index is 12.8. The highest BCUT2D eigenvalue weighted by molar-refractivity contribution is 7.13. The fourth-order valence-electron chi connectivity index (χ4n) is 2.93. The van der Waals surface area contributed by atoms with E-state index in [1.807, 2.05) is 5.38 Å². The van der Waals surface area contributed by atoms with Gasteiger partial charge in [0.25, 0.3) is 5.69 Å². The molecule has 3 rings (SSSR count). The number of ether oxygens (including phenoxy) is 1. The van der Waals surface area contributed by atoms with Crippen LogP contribution in [0.4, 0.5) is 29.7 Å². The van der Waals surface area contributed by atoms with Crippen LogP contribution in [-0.4, -0.2) is 53.6 Å². The highest BCUT2D eigenvalue weighted by Gasteiger charge is 2.33. The largest absolute Gasteiger partial charge is 0.416 e. The fourth-order valence-corrected chi connectivity index (χ4v) is 3.64. The molecule has 0 radical (unpaired) electrons. The lowest BCUT2D eigenvalue weighted by atomic mass is 10.1. The fraction of sp³-hybridized carbons (Fsp3) is 0.444. The molecule has 1 aliphatic heterocycles. The number of nitrogens with one attached hydrogen (secondary N) is 2. The van der Waals surface area contributed by atoms with E-state index in [1.165, 1.54) is 11.3 Å². The Labute approximate surface area is 179 Å². The third kappa shape index (κ3) is 6.60. The lowest BCUT2D eigenvalue weighted by molar-refractivity contribution is -0.384. The van der Waals surface area contributed by atoms with Crippen molar-refractivity contribution < 1.29 is 27.6 Å². The van der Waals surface area contributed by atoms with Gasteiger partial charge in [-0.3, -0.25) is 19.8 Å². The van der Waals surface area contributed by atoms with Crippen molar-refractivity contribution in [2.45, 2.75) is 19.1 Å². The van der Waals surface area contributed by atoms with Crippen LogP contribution in [0.3, 0.4) is 0 Å². The van der Waals surface area contributed by atoms with Gasteiger partial charge < -0.3 is 15.4 Å². The van der Waals surface area contributed by atoms with Crippen LogP contribution in [0, 0.1) is 10.1 Å². The second kappa shape index (κ2) is 10.0.